The quantitative estimate of drug-likeness (QED) is 0.300. The Kier molecular flexibility index (Phi) is 7.25. The molecule has 0 spiro atoms. The first-order chi connectivity index (χ1) is 17.8. The van der Waals surface area contributed by atoms with Gasteiger partial charge in [0.15, 0.2) is 0 Å². The number of imide groups is 1. The van der Waals surface area contributed by atoms with Gasteiger partial charge in [-0.1, -0.05) is 48.9 Å². The molecular formula is C29H34BNO6. The van der Waals surface area contributed by atoms with Crippen LogP contribution in [-0.4, -0.2) is 58.3 Å². The van der Waals surface area contributed by atoms with Crippen molar-refractivity contribution in [1.29, 1.82) is 0 Å². The van der Waals surface area contributed by atoms with E-state index >= 15 is 0 Å². The van der Waals surface area contributed by atoms with Gasteiger partial charge in [0.25, 0.3) is 0 Å². The number of benzene rings is 2. The minimum atomic E-state index is -1.02. The Bertz CT molecular complexity index is 1290. The second-order valence-corrected chi connectivity index (χ2v) is 10.6. The van der Waals surface area contributed by atoms with Crippen LogP contribution in [0, 0.1) is 17.8 Å². The number of aromatic hydroxyl groups is 1. The van der Waals surface area contributed by atoms with Gasteiger partial charge in [-0.15, -0.1) is 0 Å². The van der Waals surface area contributed by atoms with Crippen molar-refractivity contribution in [3.63, 3.8) is 0 Å². The van der Waals surface area contributed by atoms with Crippen LogP contribution in [0.5, 0.6) is 5.75 Å². The van der Waals surface area contributed by atoms with Crippen LogP contribution in [0.2, 0.25) is 6.32 Å². The average molecular weight is 503 g/mol. The van der Waals surface area contributed by atoms with Crippen LogP contribution in [-0.2, 0) is 14.2 Å². The lowest BCUT2D eigenvalue weighted by atomic mass is 9.58. The molecule has 2 amide bonds. The third-order valence-electron chi connectivity index (χ3n) is 8.17. The summed E-state index contributed by atoms with van der Waals surface area (Å²) in [4.78, 5) is 27.7. The molecule has 8 heteroatoms. The summed E-state index contributed by atoms with van der Waals surface area (Å²) < 4.78 is 5.98. The van der Waals surface area contributed by atoms with Crippen LogP contribution >= 0.6 is 0 Å². The van der Waals surface area contributed by atoms with Gasteiger partial charge in [0.2, 0.25) is 11.8 Å². The smallest absolute Gasteiger partial charge is 0.455 e. The number of carbonyl (C=O) groups excluding carboxylic acids is 2. The van der Waals surface area contributed by atoms with E-state index in [0.29, 0.717) is 32.2 Å². The second kappa shape index (κ2) is 10.4. The number of hydrogen-bond acceptors (Lipinski definition) is 6. The zero-order chi connectivity index (χ0) is 26.3. The van der Waals surface area contributed by atoms with E-state index < -0.39 is 25.1 Å². The maximum Gasteiger partial charge on any atom is 0.455 e. The molecular weight excluding hydrogens is 469 g/mol. The number of carbonyl (C=O) groups is 2. The molecule has 3 N–H and O–H groups in total. The van der Waals surface area contributed by atoms with Gasteiger partial charge < -0.3 is 19.9 Å². The molecule has 0 bridgehead atoms. The third-order valence-corrected chi connectivity index (χ3v) is 8.17. The van der Waals surface area contributed by atoms with E-state index in [4.69, 9.17) is 4.65 Å². The highest BCUT2D eigenvalue weighted by Crippen LogP contribution is 2.50. The van der Waals surface area contributed by atoms with Crippen molar-refractivity contribution in [2.45, 2.75) is 52.0 Å². The van der Waals surface area contributed by atoms with Gasteiger partial charge in [0.1, 0.15) is 5.75 Å². The molecule has 2 fully saturated rings. The summed E-state index contributed by atoms with van der Waals surface area (Å²) in [5, 5.41) is 32.8. The molecule has 2 saturated heterocycles. The number of likely N-dealkylation sites (tertiary alicyclic amines) is 1. The lowest BCUT2D eigenvalue weighted by Crippen LogP contribution is -2.46. The Morgan fingerprint density at radius 2 is 1.89 bits per heavy atom. The van der Waals surface area contributed by atoms with E-state index in [1.54, 1.807) is 6.07 Å². The van der Waals surface area contributed by atoms with Crippen molar-refractivity contribution in [3.05, 3.63) is 58.7 Å². The number of aliphatic hydroxyl groups is 1. The van der Waals surface area contributed by atoms with Crippen LogP contribution < -0.4 is 0 Å². The number of hydrogen-bond donors (Lipinski definition) is 3. The summed E-state index contributed by atoms with van der Waals surface area (Å²) in [6, 6.07) is 11.3. The minimum Gasteiger partial charge on any atom is -0.507 e. The number of phenols is 1. The molecule has 0 radical (unpaired) electrons. The van der Waals surface area contributed by atoms with Crippen LogP contribution in [0.25, 0.3) is 16.8 Å². The fourth-order valence-corrected chi connectivity index (χ4v) is 6.55. The highest BCUT2D eigenvalue weighted by atomic mass is 16.5. The summed E-state index contributed by atoms with van der Waals surface area (Å²) in [7, 11) is -1.02. The Labute approximate surface area is 217 Å². The number of fused-ring (bicyclic) bond motifs is 4. The van der Waals surface area contributed by atoms with Crippen LogP contribution in [0.15, 0.2) is 53.1 Å². The lowest BCUT2D eigenvalue weighted by Gasteiger charge is -2.42. The van der Waals surface area contributed by atoms with Crippen molar-refractivity contribution in [1.82, 2.24) is 4.90 Å². The van der Waals surface area contributed by atoms with Crippen LogP contribution in [0.1, 0.15) is 45.1 Å². The van der Waals surface area contributed by atoms with Gasteiger partial charge in [-0.25, -0.2) is 0 Å². The maximum absolute atomic E-state index is 13.3. The number of nitrogens with zero attached hydrogens (tertiary/aromatic N) is 1. The largest absolute Gasteiger partial charge is 0.507 e. The van der Waals surface area contributed by atoms with Gasteiger partial charge >= 0.3 is 7.12 Å². The number of aliphatic hydroxyl groups excluding tert-OH is 1. The van der Waals surface area contributed by atoms with Crippen LogP contribution in [0.4, 0.5) is 0 Å². The minimum absolute atomic E-state index is 0.153. The fourth-order valence-electron chi connectivity index (χ4n) is 6.55. The molecule has 0 unspecified atom stereocenters. The normalized spacial score (nSPS) is 26.2. The summed E-state index contributed by atoms with van der Waals surface area (Å²) in [5.41, 5.74) is 3.79. The maximum atomic E-state index is 13.3. The SMILES string of the molecule is CCCN1C(=O)[C@@H]2[C@@H](CC(CO)=C3[C@@H](CC/C(C)=C/c4ccc(O)c5ccccc45)OB(O)C[C@@H]32)C1=O. The molecule has 194 valence electrons. The molecule has 7 nitrogen and oxygen atoms in total. The first kappa shape index (κ1) is 25.7. The average Bonchev–Trinajstić information content (AvgIpc) is 3.13. The molecule has 3 aliphatic rings. The van der Waals surface area contributed by atoms with Crippen molar-refractivity contribution in [2.75, 3.05) is 13.2 Å². The van der Waals surface area contributed by atoms with Gasteiger partial charge in [-0.2, -0.15) is 0 Å². The number of allylic oxidation sites excluding steroid dienone is 1. The molecule has 2 aliphatic heterocycles. The molecule has 2 aromatic carbocycles. The number of amides is 2. The lowest BCUT2D eigenvalue weighted by molar-refractivity contribution is -0.140. The Hall–Kier alpha value is -2.94. The topological polar surface area (TPSA) is 107 Å². The van der Waals surface area contributed by atoms with Crippen LogP contribution in [0.3, 0.4) is 0 Å². The third kappa shape index (κ3) is 4.62. The van der Waals surface area contributed by atoms with E-state index in [0.717, 1.165) is 33.1 Å². The molecule has 0 aromatic heterocycles. The summed E-state index contributed by atoms with van der Waals surface area (Å²) in [6.07, 6.45) is 4.25. The molecule has 2 heterocycles. The molecule has 5 rings (SSSR count). The van der Waals surface area contributed by atoms with Gasteiger partial charge in [-0.05, 0) is 73.0 Å². The van der Waals surface area contributed by atoms with Crippen molar-refractivity contribution >= 4 is 35.8 Å². The monoisotopic (exact) mass is 503 g/mol. The predicted octanol–water partition coefficient (Wildman–Crippen LogP) is 3.93. The van der Waals surface area contributed by atoms with E-state index in [1.807, 2.05) is 44.2 Å². The predicted molar refractivity (Wildman–Crippen MR) is 142 cm³/mol. The number of rotatable bonds is 7. The summed E-state index contributed by atoms with van der Waals surface area (Å²) in [6.45, 7) is 4.20. The molecule has 1 aliphatic carbocycles. The zero-order valence-corrected chi connectivity index (χ0v) is 21.4. The highest BCUT2D eigenvalue weighted by molar-refractivity contribution is 6.43. The molecule has 4 atom stereocenters. The zero-order valence-electron chi connectivity index (χ0n) is 21.4. The first-order valence-corrected chi connectivity index (χ1v) is 13.2. The number of phenolic OH excluding ortho intramolecular Hbond substituents is 1. The van der Waals surface area contributed by atoms with E-state index in [1.165, 1.54) is 4.90 Å². The van der Waals surface area contributed by atoms with E-state index in [-0.39, 0.29) is 36.4 Å². The molecule has 0 saturated carbocycles. The second-order valence-electron chi connectivity index (χ2n) is 10.6. The summed E-state index contributed by atoms with van der Waals surface area (Å²) in [5.74, 6) is -1.33. The summed E-state index contributed by atoms with van der Waals surface area (Å²) >= 11 is 0. The fraction of sp³-hybridized carbons (Fsp3) is 0.448. The Morgan fingerprint density at radius 3 is 2.62 bits per heavy atom. The van der Waals surface area contributed by atoms with Crippen molar-refractivity contribution < 1.29 is 29.5 Å². The Morgan fingerprint density at radius 1 is 1.14 bits per heavy atom. The Balaban J connectivity index is 1.40. The van der Waals surface area contributed by atoms with Gasteiger partial charge in [0, 0.05) is 11.9 Å². The van der Waals surface area contributed by atoms with Gasteiger partial charge in [0.05, 0.1) is 24.5 Å². The van der Waals surface area contributed by atoms with Crippen molar-refractivity contribution in [3.8, 4) is 5.75 Å². The van der Waals surface area contributed by atoms with Crippen molar-refractivity contribution in [2.24, 2.45) is 17.8 Å². The first-order valence-electron chi connectivity index (χ1n) is 13.2. The molecule has 2 aromatic rings. The molecule has 37 heavy (non-hydrogen) atoms. The standard InChI is InChI=1S/C29H34BNO6/c1-3-12-31-28(34)22-14-19(16-32)26-23(27(22)29(31)35)15-30(36)37-25(26)11-8-17(2)13-18-9-10-24(33)21-7-5-4-6-20(18)21/h4-7,9-10,13,22-23,25,27,32-33,36H,3,8,11-12,14-16H2,1-2H3/b17-13+/t22-,23+,25-,27-/m1/s1. The van der Waals surface area contributed by atoms with Gasteiger partial charge in [-0.3, -0.25) is 14.5 Å². The highest BCUT2D eigenvalue weighted by Gasteiger charge is 2.56. The van der Waals surface area contributed by atoms with E-state index in [2.05, 4.69) is 6.08 Å². The van der Waals surface area contributed by atoms with E-state index in [9.17, 15) is 24.8 Å².